The van der Waals surface area contributed by atoms with Gasteiger partial charge in [0, 0.05) is 24.7 Å². The molecule has 0 fully saturated rings. The molecular formula is C13H19ClFNO. The highest BCUT2D eigenvalue weighted by atomic mass is 35.5. The average molecular weight is 260 g/mol. The Kier molecular flexibility index (Phi) is 6.48. The zero-order valence-electron chi connectivity index (χ0n) is 10.3. The lowest BCUT2D eigenvalue weighted by Crippen LogP contribution is -2.20. The van der Waals surface area contributed by atoms with Crippen LogP contribution in [0.5, 0.6) is 0 Å². The van der Waals surface area contributed by atoms with Gasteiger partial charge in [0.05, 0.1) is 6.61 Å². The highest BCUT2D eigenvalue weighted by molar-refractivity contribution is 6.30. The van der Waals surface area contributed by atoms with Crippen molar-refractivity contribution in [2.75, 3.05) is 19.8 Å². The van der Waals surface area contributed by atoms with Crippen molar-refractivity contribution >= 4 is 11.6 Å². The molecule has 0 aliphatic carbocycles. The fourth-order valence-corrected chi connectivity index (χ4v) is 1.65. The minimum Gasteiger partial charge on any atom is -0.380 e. The number of ether oxygens (including phenoxy) is 1. The molecule has 4 heteroatoms. The number of halogens is 2. The molecular weight excluding hydrogens is 241 g/mol. The van der Waals surface area contributed by atoms with Crippen LogP contribution in [0.15, 0.2) is 18.2 Å². The summed E-state index contributed by atoms with van der Waals surface area (Å²) in [7, 11) is 0. The first kappa shape index (κ1) is 14.4. The Morgan fingerprint density at radius 1 is 1.35 bits per heavy atom. The van der Waals surface area contributed by atoms with Gasteiger partial charge in [-0.25, -0.2) is 4.39 Å². The molecule has 1 N–H and O–H groups in total. The second-order valence-electron chi connectivity index (χ2n) is 4.42. The van der Waals surface area contributed by atoms with E-state index < -0.39 is 0 Å². The van der Waals surface area contributed by atoms with Crippen molar-refractivity contribution in [3.8, 4) is 0 Å². The predicted molar refractivity (Wildman–Crippen MR) is 68.8 cm³/mol. The molecule has 0 aliphatic heterocycles. The summed E-state index contributed by atoms with van der Waals surface area (Å²) in [6, 6.07) is 4.54. The van der Waals surface area contributed by atoms with Crippen molar-refractivity contribution in [3.05, 3.63) is 34.6 Å². The summed E-state index contributed by atoms with van der Waals surface area (Å²) < 4.78 is 18.4. The maximum atomic E-state index is 13.0. The SMILES string of the molecule is CC(C)COCCNCc1cc(F)cc(Cl)c1. The monoisotopic (exact) mass is 259 g/mol. The van der Waals surface area contributed by atoms with Gasteiger partial charge < -0.3 is 10.1 Å². The van der Waals surface area contributed by atoms with Crippen molar-refractivity contribution in [1.82, 2.24) is 5.32 Å². The molecule has 0 aliphatic rings. The first-order valence-corrected chi connectivity index (χ1v) is 6.19. The molecule has 0 radical (unpaired) electrons. The van der Waals surface area contributed by atoms with E-state index in [1.807, 2.05) is 0 Å². The van der Waals surface area contributed by atoms with Crippen LogP contribution in [0.1, 0.15) is 19.4 Å². The summed E-state index contributed by atoms with van der Waals surface area (Å²) in [6.07, 6.45) is 0. The van der Waals surface area contributed by atoms with Crippen LogP contribution in [-0.2, 0) is 11.3 Å². The zero-order valence-corrected chi connectivity index (χ0v) is 11.1. The second-order valence-corrected chi connectivity index (χ2v) is 4.86. The molecule has 0 heterocycles. The molecule has 0 atom stereocenters. The highest BCUT2D eigenvalue weighted by Crippen LogP contribution is 2.13. The van der Waals surface area contributed by atoms with Gasteiger partial charge in [0.15, 0.2) is 0 Å². The van der Waals surface area contributed by atoms with Gasteiger partial charge in [0.2, 0.25) is 0 Å². The van der Waals surface area contributed by atoms with E-state index in [1.165, 1.54) is 12.1 Å². The summed E-state index contributed by atoms with van der Waals surface area (Å²) in [6.45, 7) is 7.02. The minimum absolute atomic E-state index is 0.301. The lowest BCUT2D eigenvalue weighted by molar-refractivity contribution is 0.111. The molecule has 1 aromatic rings. The minimum atomic E-state index is -0.301. The molecule has 1 aromatic carbocycles. The summed E-state index contributed by atoms with van der Waals surface area (Å²) in [5, 5.41) is 3.61. The number of hydrogen-bond donors (Lipinski definition) is 1. The largest absolute Gasteiger partial charge is 0.380 e. The van der Waals surface area contributed by atoms with Gasteiger partial charge >= 0.3 is 0 Å². The lowest BCUT2D eigenvalue weighted by atomic mass is 10.2. The molecule has 0 amide bonds. The molecule has 0 saturated heterocycles. The second kappa shape index (κ2) is 7.64. The van der Waals surface area contributed by atoms with E-state index >= 15 is 0 Å². The molecule has 0 bridgehead atoms. The molecule has 2 nitrogen and oxygen atoms in total. The molecule has 0 spiro atoms. The molecule has 1 rings (SSSR count). The van der Waals surface area contributed by atoms with Crippen LogP contribution >= 0.6 is 11.6 Å². The van der Waals surface area contributed by atoms with Gasteiger partial charge in [0.25, 0.3) is 0 Å². The third kappa shape index (κ3) is 6.61. The Labute approximate surface area is 107 Å². The first-order chi connectivity index (χ1) is 8.08. The summed E-state index contributed by atoms with van der Waals surface area (Å²) in [5.74, 6) is 0.252. The predicted octanol–water partition coefficient (Wildman–Crippen LogP) is 3.24. The topological polar surface area (TPSA) is 21.3 Å². The van der Waals surface area contributed by atoms with Crippen LogP contribution in [0.2, 0.25) is 5.02 Å². The fraction of sp³-hybridized carbons (Fsp3) is 0.538. The number of benzene rings is 1. The standard InChI is InChI=1S/C13H19ClFNO/c1-10(2)9-17-4-3-16-8-11-5-12(14)7-13(15)6-11/h5-7,10,16H,3-4,8-9H2,1-2H3. The Hall–Kier alpha value is -0.640. The zero-order chi connectivity index (χ0) is 12.7. The molecule has 17 heavy (non-hydrogen) atoms. The summed E-state index contributed by atoms with van der Waals surface area (Å²) >= 11 is 5.76. The van der Waals surface area contributed by atoms with E-state index in [9.17, 15) is 4.39 Å². The summed E-state index contributed by atoms with van der Waals surface area (Å²) in [5.41, 5.74) is 0.846. The van der Waals surface area contributed by atoms with Crippen LogP contribution in [0.3, 0.4) is 0 Å². The van der Waals surface area contributed by atoms with Crippen molar-refractivity contribution in [1.29, 1.82) is 0 Å². The van der Waals surface area contributed by atoms with Crippen molar-refractivity contribution in [2.24, 2.45) is 5.92 Å². The molecule has 0 aromatic heterocycles. The molecule has 96 valence electrons. The Balaban J connectivity index is 2.18. The van der Waals surface area contributed by atoms with E-state index in [2.05, 4.69) is 19.2 Å². The van der Waals surface area contributed by atoms with E-state index in [4.69, 9.17) is 16.3 Å². The lowest BCUT2D eigenvalue weighted by Gasteiger charge is -2.08. The third-order valence-corrected chi connectivity index (χ3v) is 2.34. The van der Waals surface area contributed by atoms with Gasteiger partial charge in [-0.15, -0.1) is 0 Å². The van der Waals surface area contributed by atoms with Gasteiger partial charge in [-0.05, 0) is 29.7 Å². The Morgan fingerprint density at radius 3 is 2.76 bits per heavy atom. The Morgan fingerprint density at radius 2 is 2.12 bits per heavy atom. The van der Waals surface area contributed by atoms with E-state index in [0.29, 0.717) is 24.1 Å². The van der Waals surface area contributed by atoms with Crippen molar-refractivity contribution in [3.63, 3.8) is 0 Å². The number of rotatable bonds is 7. The average Bonchev–Trinajstić information content (AvgIpc) is 2.21. The maximum Gasteiger partial charge on any atom is 0.125 e. The van der Waals surface area contributed by atoms with Crippen LogP contribution < -0.4 is 5.32 Å². The van der Waals surface area contributed by atoms with Gasteiger partial charge in [-0.2, -0.15) is 0 Å². The van der Waals surface area contributed by atoms with Crippen molar-refractivity contribution < 1.29 is 9.13 Å². The highest BCUT2D eigenvalue weighted by Gasteiger charge is 1.99. The van der Waals surface area contributed by atoms with Crippen molar-refractivity contribution in [2.45, 2.75) is 20.4 Å². The van der Waals surface area contributed by atoms with Gasteiger partial charge in [-0.3, -0.25) is 0 Å². The fourth-order valence-electron chi connectivity index (χ4n) is 1.41. The van der Waals surface area contributed by atoms with Crippen LogP contribution in [0.4, 0.5) is 4.39 Å². The van der Waals surface area contributed by atoms with E-state index in [-0.39, 0.29) is 5.82 Å². The van der Waals surface area contributed by atoms with Gasteiger partial charge in [0.1, 0.15) is 5.82 Å². The molecule has 0 saturated carbocycles. The third-order valence-electron chi connectivity index (χ3n) is 2.13. The maximum absolute atomic E-state index is 13.0. The normalized spacial score (nSPS) is 11.1. The first-order valence-electron chi connectivity index (χ1n) is 5.81. The van der Waals surface area contributed by atoms with Crippen LogP contribution in [-0.4, -0.2) is 19.8 Å². The van der Waals surface area contributed by atoms with Crippen LogP contribution in [0.25, 0.3) is 0 Å². The summed E-state index contributed by atoms with van der Waals surface area (Å²) in [4.78, 5) is 0. The van der Waals surface area contributed by atoms with Gasteiger partial charge in [-0.1, -0.05) is 25.4 Å². The quantitative estimate of drug-likeness (QED) is 0.759. The number of nitrogens with one attached hydrogen (secondary N) is 1. The smallest absolute Gasteiger partial charge is 0.125 e. The molecule has 0 unspecified atom stereocenters. The van der Waals surface area contributed by atoms with E-state index in [1.54, 1.807) is 6.07 Å². The van der Waals surface area contributed by atoms with Crippen LogP contribution in [0, 0.1) is 11.7 Å². The van der Waals surface area contributed by atoms with E-state index in [0.717, 1.165) is 18.7 Å². The number of hydrogen-bond acceptors (Lipinski definition) is 2. The Bertz CT molecular complexity index is 324.